The summed E-state index contributed by atoms with van der Waals surface area (Å²) >= 11 is 1.59. The van der Waals surface area contributed by atoms with Crippen molar-refractivity contribution in [2.45, 2.75) is 39.0 Å². The first-order valence-corrected chi connectivity index (χ1v) is 9.96. The standard InChI is InChI=1S/C20H22N4O2S/c1-13-8-9-17(26-2)16(12-13)24-11-10-15(23-24)19(25)22-20-21-14-6-4-3-5-7-18(14)27-20/h8-12H,3-7H2,1-2H3,(H,21,22,25). The van der Waals surface area contributed by atoms with E-state index in [2.05, 4.69) is 15.4 Å². The molecule has 0 bridgehead atoms. The van der Waals surface area contributed by atoms with Gasteiger partial charge in [-0.15, -0.1) is 11.3 Å². The minimum Gasteiger partial charge on any atom is -0.494 e. The molecule has 0 saturated carbocycles. The number of hydrogen-bond donors (Lipinski definition) is 1. The van der Waals surface area contributed by atoms with Gasteiger partial charge in [-0.25, -0.2) is 9.67 Å². The van der Waals surface area contributed by atoms with Crippen molar-refractivity contribution in [2.75, 3.05) is 12.4 Å². The van der Waals surface area contributed by atoms with Crippen molar-refractivity contribution < 1.29 is 9.53 Å². The van der Waals surface area contributed by atoms with Crippen LogP contribution in [0.15, 0.2) is 30.5 Å². The number of thiazole rings is 1. The average molecular weight is 382 g/mol. The van der Waals surface area contributed by atoms with Gasteiger partial charge in [0.1, 0.15) is 11.4 Å². The summed E-state index contributed by atoms with van der Waals surface area (Å²) in [5, 5.41) is 7.99. The number of amides is 1. The number of aryl methyl sites for hydroxylation is 3. The fourth-order valence-electron chi connectivity index (χ4n) is 3.30. The maximum absolute atomic E-state index is 12.6. The summed E-state index contributed by atoms with van der Waals surface area (Å²) in [7, 11) is 1.62. The number of ether oxygens (including phenoxy) is 1. The molecular weight excluding hydrogens is 360 g/mol. The Kier molecular flexibility index (Phi) is 4.94. The molecule has 0 spiro atoms. The molecule has 0 radical (unpaired) electrons. The number of carbonyl (C=O) groups excluding carboxylic acids is 1. The Morgan fingerprint density at radius 2 is 2.07 bits per heavy atom. The van der Waals surface area contributed by atoms with Gasteiger partial charge in [0, 0.05) is 11.1 Å². The van der Waals surface area contributed by atoms with Crippen molar-refractivity contribution in [1.29, 1.82) is 0 Å². The molecule has 1 N–H and O–H groups in total. The molecular formula is C20H22N4O2S. The van der Waals surface area contributed by atoms with Crippen molar-refractivity contribution in [2.24, 2.45) is 0 Å². The fourth-order valence-corrected chi connectivity index (χ4v) is 4.35. The number of fused-ring (bicyclic) bond motifs is 1. The highest BCUT2D eigenvalue weighted by molar-refractivity contribution is 7.15. The van der Waals surface area contributed by atoms with Crippen LogP contribution in [0.25, 0.3) is 5.69 Å². The second kappa shape index (κ2) is 7.52. The SMILES string of the molecule is COc1ccc(C)cc1-n1ccc(C(=O)Nc2nc3c(s2)CCCCC3)n1. The molecule has 140 valence electrons. The van der Waals surface area contributed by atoms with Gasteiger partial charge in [-0.3, -0.25) is 10.1 Å². The van der Waals surface area contributed by atoms with Crippen LogP contribution in [-0.2, 0) is 12.8 Å². The molecule has 2 heterocycles. The molecule has 2 aromatic heterocycles. The molecule has 3 aromatic rings. The Balaban J connectivity index is 1.53. The van der Waals surface area contributed by atoms with E-state index in [1.54, 1.807) is 35.4 Å². The van der Waals surface area contributed by atoms with E-state index in [1.807, 2.05) is 25.1 Å². The predicted octanol–water partition coefficient (Wildman–Crippen LogP) is 4.17. The first-order valence-electron chi connectivity index (χ1n) is 9.14. The van der Waals surface area contributed by atoms with Gasteiger partial charge in [0.25, 0.3) is 5.91 Å². The van der Waals surface area contributed by atoms with Crippen LogP contribution in [0, 0.1) is 6.92 Å². The monoisotopic (exact) mass is 382 g/mol. The Labute approximate surface area is 162 Å². The number of nitrogens with one attached hydrogen (secondary N) is 1. The Bertz CT molecular complexity index is 953. The molecule has 6 nitrogen and oxygen atoms in total. The zero-order valence-corrected chi connectivity index (χ0v) is 16.3. The molecule has 0 aliphatic heterocycles. The minimum atomic E-state index is -0.246. The van der Waals surface area contributed by atoms with E-state index in [0.717, 1.165) is 29.8 Å². The zero-order valence-electron chi connectivity index (χ0n) is 15.5. The van der Waals surface area contributed by atoms with Gasteiger partial charge in [-0.05, 0) is 56.4 Å². The largest absolute Gasteiger partial charge is 0.494 e. The molecule has 1 aromatic carbocycles. The van der Waals surface area contributed by atoms with E-state index in [-0.39, 0.29) is 5.91 Å². The first-order chi connectivity index (χ1) is 13.1. The number of hydrogen-bond acceptors (Lipinski definition) is 5. The van der Waals surface area contributed by atoms with Crippen LogP contribution in [0.1, 0.15) is 45.9 Å². The average Bonchev–Trinajstić information content (AvgIpc) is 3.24. The third-order valence-corrected chi connectivity index (χ3v) is 5.79. The van der Waals surface area contributed by atoms with E-state index in [9.17, 15) is 4.79 Å². The van der Waals surface area contributed by atoms with Crippen LogP contribution in [0.4, 0.5) is 5.13 Å². The summed E-state index contributed by atoms with van der Waals surface area (Å²) in [6.45, 7) is 2.01. The summed E-state index contributed by atoms with van der Waals surface area (Å²) < 4.78 is 7.07. The van der Waals surface area contributed by atoms with Gasteiger partial charge in [-0.2, -0.15) is 5.10 Å². The third kappa shape index (κ3) is 3.73. The van der Waals surface area contributed by atoms with Crippen molar-refractivity contribution >= 4 is 22.4 Å². The van der Waals surface area contributed by atoms with Crippen LogP contribution >= 0.6 is 11.3 Å². The number of aromatic nitrogens is 3. The number of carbonyl (C=O) groups is 1. The Morgan fingerprint density at radius 3 is 2.93 bits per heavy atom. The maximum atomic E-state index is 12.6. The molecule has 1 aliphatic carbocycles. The van der Waals surface area contributed by atoms with Crippen LogP contribution in [0.5, 0.6) is 5.75 Å². The van der Waals surface area contributed by atoms with Gasteiger partial charge in [0.05, 0.1) is 12.8 Å². The number of rotatable bonds is 4. The van der Waals surface area contributed by atoms with E-state index in [1.165, 1.54) is 24.1 Å². The Morgan fingerprint density at radius 1 is 1.22 bits per heavy atom. The lowest BCUT2D eigenvalue weighted by molar-refractivity contribution is 0.102. The van der Waals surface area contributed by atoms with Crippen LogP contribution in [0.2, 0.25) is 0 Å². The lowest BCUT2D eigenvalue weighted by Crippen LogP contribution is -2.13. The first kappa shape index (κ1) is 17.7. The maximum Gasteiger partial charge on any atom is 0.277 e. The van der Waals surface area contributed by atoms with Gasteiger partial charge < -0.3 is 4.74 Å². The highest BCUT2D eigenvalue weighted by Crippen LogP contribution is 2.29. The highest BCUT2D eigenvalue weighted by Gasteiger charge is 2.18. The van der Waals surface area contributed by atoms with Crippen molar-refractivity contribution in [1.82, 2.24) is 14.8 Å². The topological polar surface area (TPSA) is 69.0 Å². The number of nitrogens with zero attached hydrogens (tertiary/aromatic N) is 3. The van der Waals surface area contributed by atoms with Crippen molar-refractivity contribution in [3.05, 3.63) is 52.3 Å². The molecule has 4 rings (SSSR count). The molecule has 1 aliphatic rings. The second-order valence-corrected chi connectivity index (χ2v) is 7.81. The van der Waals surface area contributed by atoms with E-state index >= 15 is 0 Å². The zero-order chi connectivity index (χ0) is 18.8. The summed E-state index contributed by atoms with van der Waals surface area (Å²) in [5.41, 5.74) is 3.39. The van der Waals surface area contributed by atoms with Crippen molar-refractivity contribution in [3.63, 3.8) is 0 Å². The molecule has 1 amide bonds. The third-order valence-electron chi connectivity index (χ3n) is 4.72. The lowest BCUT2D eigenvalue weighted by Gasteiger charge is -2.09. The van der Waals surface area contributed by atoms with Crippen LogP contribution in [0.3, 0.4) is 0 Å². The fraction of sp³-hybridized carbons (Fsp3) is 0.350. The molecule has 0 atom stereocenters. The second-order valence-electron chi connectivity index (χ2n) is 6.72. The smallest absolute Gasteiger partial charge is 0.277 e. The summed E-state index contributed by atoms with van der Waals surface area (Å²) in [4.78, 5) is 18.5. The van der Waals surface area contributed by atoms with E-state index in [4.69, 9.17) is 4.74 Å². The van der Waals surface area contributed by atoms with E-state index in [0.29, 0.717) is 16.6 Å². The molecule has 0 saturated heterocycles. The molecule has 7 heteroatoms. The lowest BCUT2D eigenvalue weighted by atomic mass is 10.2. The minimum absolute atomic E-state index is 0.246. The normalized spacial score (nSPS) is 13.7. The van der Waals surface area contributed by atoms with Gasteiger partial charge in [0.15, 0.2) is 10.8 Å². The predicted molar refractivity (Wildman–Crippen MR) is 106 cm³/mol. The molecule has 27 heavy (non-hydrogen) atoms. The van der Waals surface area contributed by atoms with Gasteiger partial charge >= 0.3 is 0 Å². The molecule has 0 unspecified atom stereocenters. The highest BCUT2D eigenvalue weighted by atomic mass is 32.1. The quantitative estimate of drug-likeness (QED) is 0.688. The summed E-state index contributed by atoms with van der Waals surface area (Å²) in [5.74, 6) is 0.462. The van der Waals surface area contributed by atoms with E-state index < -0.39 is 0 Å². The molecule has 0 fully saturated rings. The summed E-state index contributed by atoms with van der Waals surface area (Å²) in [6.07, 6.45) is 7.46. The summed E-state index contributed by atoms with van der Waals surface area (Å²) in [6, 6.07) is 7.56. The number of anilines is 1. The van der Waals surface area contributed by atoms with Gasteiger partial charge in [0.2, 0.25) is 0 Å². The number of benzene rings is 1. The number of methoxy groups -OCH3 is 1. The van der Waals surface area contributed by atoms with Crippen LogP contribution in [-0.4, -0.2) is 27.8 Å². The Hall–Kier alpha value is -2.67. The van der Waals surface area contributed by atoms with Crippen molar-refractivity contribution in [3.8, 4) is 11.4 Å². The van der Waals surface area contributed by atoms with Crippen LogP contribution < -0.4 is 10.1 Å². The van der Waals surface area contributed by atoms with Gasteiger partial charge in [-0.1, -0.05) is 12.5 Å².